The largest absolute Gasteiger partial charge is 0.381 e. The molecule has 0 bridgehead atoms. The van der Waals surface area contributed by atoms with Gasteiger partial charge in [0.05, 0.1) is 17.8 Å². The molecule has 35 heavy (non-hydrogen) atoms. The molecule has 1 unspecified atom stereocenters. The van der Waals surface area contributed by atoms with Crippen molar-refractivity contribution in [1.82, 2.24) is 20.3 Å². The minimum absolute atomic E-state index is 0.350. The summed E-state index contributed by atoms with van der Waals surface area (Å²) in [7, 11) is 0. The number of halogens is 2. The molecule has 0 aromatic carbocycles. The Hall–Kier alpha value is -1.51. The molecule has 2 saturated heterocycles. The zero-order valence-corrected chi connectivity index (χ0v) is 21.7. The van der Waals surface area contributed by atoms with Crippen LogP contribution in [-0.4, -0.2) is 60.0 Å². The molecule has 9 heteroatoms. The minimum atomic E-state index is 0.350. The number of ether oxygens (including phenoxy) is 2. The molecule has 1 atom stereocenters. The molecule has 3 fully saturated rings. The first-order chi connectivity index (χ1) is 17.1. The van der Waals surface area contributed by atoms with Gasteiger partial charge in [0.15, 0.2) is 5.15 Å². The van der Waals surface area contributed by atoms with E-state index in [4.69, 9.17) is 37.7 Å². The number of pyridine rings is 1. The van der Waals surface area contributed by atoms with Crippen LogP contribution in [0.2, 0.25) is 10.2 Å². The second-order valence-electron chi connectivity index (χ2n) is 10.1. The topological polar surface area (TPSA) is 81.2 Å². The van der Waals surface area contributed by atoms with Crippen LogP contribution in [0.3, 0.4) is 0 Å². The van der Waals surface area contributed by atoms with E-state index in [1.807, 2.05) is 6.07 Å². The van der Waals surface area contributed by atoms with E-state index in [1.165, 1.54) is 25.7 Å². The van der Waals surface area contributed by atoms with Crippen LogP contribution in [0.15, 0.2) is 18.5 Å². The van der Waals surface area contributed by atoms with Gasteiger partial charge in [-0.15, -0.1) is 0 Å². The maximum atomic E-state index is 6.56. The summed E-state index contributed by atoms with van der Waals surface area (Å²) in [6.07, 6.45) is 12.4. The van der Waals surface area contributed by atoms with Crippen molar-refractivity contribution in [2.75, 3.05) is 38.3 Å². The van der Waals surface area contributed by atoms with Gasteiger partial charge in [0, 0.05) is 55.9 Å². The van der Waals surface area contributed by atoms with Crippen molar-refractivity contribution >= 4 is 29.0 Å². The van der Waals surface area contributed by atoms with Crippen molar-refractivity contribution in [2.24, 2.45) is 11.8 Å². The highest BCUT2D eigenvalue weighted by Crippen LogP contribution is 2.34. The fourth-order valence-corrected chi connectivity index (χ4v) is 5.82. The van der Waals surface area contributed by atoms with Gasteiger partial charge < -0.3 is 20.1 Å². The number of rotatable bonds is 8. The number of aromatic nitrogens is 3. The maximum Gasteiger partial charge on any atom is 0.155 e. The summed E-state index contributed by atoms with van der Waals surface area (Å²) in [4.78, 5) is 13.8. The molecule has 2 aliphatic heterocycles. The predicted molar refractivity (Wildman–Crippen MR) is 139 cm³/mol. The van der Waals surface area contributed by atoms with Gasteiger partial charge in [0.25, 0.3) is 0 Å². The van der Waals surface area contributed by atoms with Crippen LogP contribution in [0.1, 0.15) is 50.6 Å². The van der Waals surface area contributed by atoms with E-state index in [-0.39, 0.29) is 0 Å². The number of hydrogen-bond acceptors (Lipinski definition) is 7. The van der Waals surface area contributed by atoms with Gasteiger partial charge in [-0.05, 0) is 69.3 Å². The number of anilines is 1. The van der Waals surface area contributed by atoms with Crippen LogP contribution in [0.25, 0.3) is 11.3 Å². The Kier molecular flexibility index (Phi) is 8.73. The van der Waals surface area contributed by atoms with E-state index >= 15 is 0 Å². The third-order valence-electron chi connectivity index (χ3n) is 7.55. The lowest BCUT2D eigenvalue weighted by molar-refractivity contribution is 0.0699. The Balaban J connectivity index is 1.21. The zero-order valence-electron chi connectivity index (χ0n) is 20.1. The molecule has 0 spiro atoms. The number of nitrogens with zero attached hydrogens (tertiary/aromatic N) is 3. The Bertz CT molecular complexity index is 974. The molecule has 5 rings (SSSR count). The van der Waals surface area contributed by atoms with Crippen LogP contribution >= 0.6 is 23.2 Å². The Morgan fingerprint density at radius 1 is 0.857 bits per heavy atom. The maximum absolute atomic E-state index is 6.56. The molecule has 2 N–H and O–H groups in total. The summed E-state index contributed by atoms with van der Waals surface area (Å²) in [5.41, 5.74) is 2.42. The minimum Gasteiger partial charge on any atom is -0.381 e. The lowest BCUT2D eigenvalue weighted by Crippen LogP contribution is -2.41. The van der Waals surface area contributed by atoms with Crippen LogP contribution in [0, 0.1) is 11.8 Å². The number of nitrogens with one attached hydrogen (secondary N) is 2. The van der Waals surface area contributed by atoms with Gasteiger partial charge in [-0.2, -0.15) is 0 Å². The molecular weight excluding hydrogens is 485 g/mol. The van der Waals surface area contributed by atoms with Crippen molar-refractivity contribution in [1.29, 1.82) is 0 Å². The molecule has 4 heterocycles. The zero-order chi connectivity index (χ0) is 24.0. The Labute approximate surface area is 217 Å². The molecule has 1 aliphatic carbocycles. The Morgan fingerprint density at radius 2 is 1.66 bits per heavy atom. The highest BCUT2D eigenvalue weighted by Gasteiger charge is 2.26. The van der Waals surface area contributed by atoms with Crippen molar-refractivity contribution in [3.8, 4) is 11.3 Å². The first-order valence-electron chi connectivity index (χ1n) is 13.0. The molecule has 7 nitrogen and oxygen atoms in total. The molecule has 2 aromatic heterocycles. The van der Waals surface area contributed by atoms with Crippen molar-refractivity contribution in [3.05, 3.63) is 34.3 Å². The highest BCUT2D eigenvalue weighted by molar-refractivity contribution is 6.35. The number of hydrogen-bond donors (Lipinski definition) is 2. The SMILES string of the molecule is Clc1cnc(CC2CCC(NC3CCOC3)CC2)cc1-c1nc(NCC2CCOCC2)cnc1Cl. The molecule has 0 amide bonds. The van der Waals surface area contributed by atoms with Crippen molar-refractivity contribution < 1.29 is 9.47 Å². The van der Waals surface area contributed by atoms with E-state index in [0.29, 0.717) is 45.6 Å². The monoisotopic (exact) mass is 519 g/mol. The van der Waals surface area contributed by atoms with Crippen LogP contribution in [0.4, 0.5) is 5.82 Å². The van der Waals surface area contributed by atoms with E-state index in [0.717, 1.165) is 69.9 Å². The summed E-state index contributed by atoms with van der Waals surface area (Å²) in [6.45, 7) is 4.25. The molecule has 2 aromatic rings. The third kappa shape index (κ3) is 6.83. The second-order valence-corrected chi connectivity index (χ2v) is 10.9. The quantitative estimate of drug-likeness (QED) is 0.498. The summed E-state index contributed by atoms with van der Waals surface area (Å²) in [5, 5.41) is 8.09. The summed E-state index contributed by atoms with van der Waals surface area (Å²) in [5.74, 6) is 1.92. The molecular formula is C26H35Cl2N5O2. The lowest BCUT2D eigenvalue weighted by Gasteiger charge is -2.30. The summed E-state index contributed by atoms with van der Waals surface area (Å²) < 4.78 is 11.0. The highest BCUT2D eigenvalue weighted by atomic mass is 35.5. The average molecular weight is 521 g/mol. The van der Waals surface area contributed by atoms with E-state index in [1.54, 1.807) is 12.4 Å². The molecule has 0 radical (unpaired) electrons. The van der Waals surface area contributed by atoms with E-state index < -0.39 is 0 Å². The van der Waals surface area contributed by atoms with Gasteiger partial charge in [0.1, 0.15) is 11.5 Å². The standard InChI is InChI=1S/C26H35Cl2N5O2/c27-23-14-29-21(11-17-1-3-19(4-2-17)32-20-7-10-35-16-20)12-22(23)25-26(28)31-15-24(33-25)30-13-18-5-8-34-9-6-18/h12,14-15,17-20,32H,1-11,13,16H2,(H,30,33). The fraction of sp³-hybridized carbons (Fsp3) is 0.654. The van der Waals surface area contributed by atoms with Gasteiger partial charge in [0.2, 0.25) is 0 Å². The first-order valence-corrected chi connectivity index (χ1v) is 13.7. The van der Waals surface area contributed by atoms with Gasteiger partial charge in [-0.3, -0.25) is 4.98 Å². The van der Waals surface area contributed by atoms with Crippen LogP contribution in [0.5, 0.6) is 0 Å². The predicted octanol–water partition coefficient (Wildman–Crippen LogP) is 5.16. The van der Waals surface area contributed by atoms with Crippen LogP contribution in [-0.2, 0) is 15.9 Å². The average Bonchev–Trinajstić information content (AvgIpc) is 3.40. The van der Waals surface area contributed by atoms with Crippen LogP contribution < -0.4 is 10.6 Å². The molecule has 1 saturated carbocycles. The van der Waals surface area contributed by atoms with Crippen molar-refractivity contribution in [2.45, 2.75) is 63.5 Å². The molecule has 3 aliphatic rings. The normalized spacial score (nSPS) is 25.6. The second kappa shape index (κ2) is 12.2. The first kappa shape index (κ1) is 25.2. The fourth-order valence-electron chi connectivity index (χ4n) is 5.43. The third-order valence-corrected chi connectivity index (χ3v) is 8.13. The van der Waals surface area contributed by atoms with Gasteiger partial charge in [-0.25, -0.2) is 9.97 Å². The lowest BCUT2D eigenvalue weighted by atomic mass is 9.83. The molecule has 190 valence electrons. The smallest absolute Gasteiger partial charge is 0.155 e. The van der Waals surface area contributed by atoms with E-state index in [2.05, 4.69) is 20.6 Å². The Morgan fingerprint density at radius 3 is 2.43 bits per heavy atom. The van der Waals surface area contributed by atoms with Crippen molar-refractivity contribution in [3.63, 3.8) is 0 Å². The van der Waals surface area contributed by atoms with E-state index in [9.17, 15) is 0 Å². The summed E-state index contributed by atoms with van der Waals surface area (Å²) >= 11 is 13.0. The summed E-state index contributed by atoms with van der Waals surface area (Å²) in [6, 6.07) is 3.18. The van der Waals surface area contributed by atoms with Gasteiger partial charge in [-0.1, -0.05) is 23.2 Å². The van der Waals surface area contributed by atoms with Gasteiger partial charge >= 0.3 is 0 Å².